The highest BCUT2D eigenvalue weighted by Gasteiger charge is 2.23. The highest BCUT2D eigenvalue weighted by atomic mass is 32.1. The lowest BCUT2D eigenvalue weighted by Crippen LogP contribution is -2.33. The summed E-state index contributed by atoms with van der Waals surface area (Å²) in [4.78, 5) is 7.96. The molecule has 18 heavy (non-hydrogen) atoms. The zero-order chi connectivity index (χ0) is 12.5. The number of aliphatic hydroxyl groups is 1. The van der Waals surface area contributed by atoms with Crippen LogP contribution in [0.25, 0.3) is 4.96 Å². The first-order chi connectivity index (χ1) is 8.83. The van der Waals surface area contributed by atoms with Crippen LogP contribution in [-0.4, -0.2) is 27.6 Å². The largest absolute Gasteiger partial charge is 0.390 e. The molecule has 1 saturated carbocycles. The highest BCUT2D eigenvalue weighted by Crippen LogP contribution is 2.31. The molecule has 1 N–H and O–H groups in total. The normalized spacial score (nSPS) is 16.1. The van der Waals surface area contributed by atoms with Crippen LogP contribution in [0.5, 0.6) is 0 Å². The average molecular weight is 265 g/mol. The molecule has 2 aromatic heterocycles. The topological polar surface area (TPSA) is 40.8 Å². The van der Waals surface area contributed by atoms with Gasteiger partial charge in [-0.3, -0.25) is 4.40 Å². The van der Waals surface area contributed by atoms with E-state index >= 15 is 0 Å². The van der Waals surface area contributed by atoms with Crippen molar-refractivity contribution >= 4 is 22.1 Å². The standard InChI is InChI=1S/C13H19N3OS/c1-2-15(8-10-4-3-5-10)12-11(9-17)16-6-7-18-13(16)14-12/h6-7,10,17H,2-5,8-9H2,1H3. The number of rotatable bonds is 5. The Morgan fingerprint density at radius 1 is 1.56 bits per heavy atom. The lowest BCUT2D eigenvalue weighted by molar-refractivity contribution is 0.275. The molecule has 0 spiro atoms. The number of thiazole rings is 1. The summed E-state index contributed by atoms with van der Waals surface area (Å²) in [5, 5.41) is 11.6. The van der Waals surface area contributed by atoms with Gasteiger partial charge in [0.15, 0.2) is 10.8 Å². The number of aromatic nitrogens is 2. The second-order valence-corrected chi connectivity index (χ2v) is 5.80. The second kappa shape index (κ2) is 4.90. The van der Waals surface area contributed by atoms with E-state index in [-0.39, 0.29) is 6.61 Å². The molecule has 2 aromatic rings. The van der Waals surface area contributed by atoms with Crippen molar-refractivity contribution in [3.8, 4) is 0 Å². The molecule has 3 rings (SSSR count). The van der Waals surface area contributed by atoms with Gasteiger partial charge in [-0.1, -0.05) is 6.42 Å². The van der Waals surface area contributed by atoms with E-state index in [0.29, 0.717) is 0 Å². The molecule has 98 valence electrons. The van der Waals surface area contributed by atoms with Crippen molar-refractivity contribution in [2.24, 2.45) is 5.92 Å². The molecule has 0 radical (unpaired) electrons. The van der Waals surface area contributed by atoms with Crippen molar-refractivity contribution in [2.45, 2.75) is 32.8 Å². The summed E-state index contributed by atoms with van der Waals surface area (Å²) >= 11 is 1.62. The minimum absolute atomic E-state index is 0.0500. The van der Waals surface area contributed by atoms with Gasteiger partial charge in [-0.15, -0.1) is 11.3 Å². The van der Waals surface area contributed by atoms with Gasteiger partial charge in [0, 0.05) is 24.7 Å². The fraction of sp³-hybridized carbons (Fsp3) is 0.615. The maximum Gasteiger partial charge on any atom is 0.195 e. The van der Waals surface area contributed by atoms with Crippen molar-refractivity contribution in [3.63, 3.8) is 0 Å². The van der Waals surface area contributed by atoms with Gasteiger partial charge in [0.25, 0.3) is 0 Å². The Balaban J connectivity index is 1.91. The van der Waals surface area contributed by atoms with E-state index < -0.39 is 0 Å². The molecule has 1 fully saturated rings. The summed E-state index contributed by atoms with van der Waals surface area (Å²) in [6, 6.07) is 0. The smallest absolute Gasteiger partial charge is 0.195 e. The second-order valence-electron chi connectivity index (χ2n) is 4.93. The number of nitrogens with zero attached hydrogens (tertiary/aromatic N) is 3. The maximum absolute atomic E-state index is 9.59. The minimum atomic E-state index is 0.0500. The molecule has 1 aliphatic rings. The predicted molar refractivity (Wildman–Crippen MR) is 74.2 cm³/mol. The molecule has 0 aromatic carbocycles. The van der Waals surface area contributed by atoms with Gasteiger partial charge < -0.3 is 10.0 Å². The van der Waals surface area contributed by atoms with E-state index in [1.807, 2.05) is 16.0 Å². The van der Waals surface area contributed by atoms with Crippen molar-refractivity contribution in [2.75, 3.05) is 18.0 Å². The summed E-state index contributed by atoms with van der Waals surface area (Å²) in [7, 11) is 0. The van der Waals surface area contributed by atoms with Gasteiger partial charge in [0.2, 0.25) is 0 Å². The van der Waals surface area contributed by atoms with Crippen LogP contribution in [0.1, 0.15) is 31.9 Å². The Morgan fingerprint density at radius 3 is 3.00 bits per heavy atom. The van der Waals surface area contributed by atoms with Gasteiger partial charge in [0.05, 0.1) is 12.3 Å². The number of fused-ring (bicyclic) bond motifs is 1. The molecule has 4 nitrogen and oxygen atoms in total. The Hall–Kier alpha value is -1.07. The molecule has 5 heteroatoms. The molecule has 0 bridgehead atoms. The SMILES string of the molecule is CCN(CC1CCC1)c1nc2sccn2c1CO. The lowest BCUT2D eigenvalue weighted by atomic mass is 9.85. The first kappa shape index (κ1) is 12.0. The van der Waals surface area contributed by atoms with Crippen LogP contribution in [0.4, 0.5) is 5.82 Å². The van der Waals surface area contributed by atoms with Gasteiger partial charge >= 0.3 is 0 Å². The van der Waals surface area contributed by atoms with E-state index in [1.54, 1.807) is 11.3 Å². The number of imidazole rings is 1. The molecule has 0 saturated heterocycles. The van der Waals surface area contributed by atoms with Gasteiger partial charge in [-0.05, 0) is 25.7 Å². The molecule has 0 amide bonds. The summed E-state index contributed by atoms with van der Waals surface area (Å²) in [6.07, 6.45) is 6.03. The van der Waals surface area contributed by atoms with Crippen molar-refractivity contribution in [1.82, 2.24) is 9.38 Å². The molecule has 0 unspecified atom stereocenters. The minimum Gasteiger partial charge on any atom is -0.390 e. The Morgan fingerprint density at radius 2 is 2.39 bits per heavy atom. The molecule has 0 atom stereocenters. The lowest BCUT2D eigenvalue weighted by Gasteiger charge is -2.32. The van der Waals surface area contributed by atoms with Crippen LogP contribution in [0.3, 0.4) is 0 Å². The van der Waals surface area contributed by atoms with Crippen LogP contribution >= 0.6 is 11.3 Å². The van der Waals surface area contributed by atoms with Crippen molar-refractivity contribution < 1.29 is 5.11 Å². The maximum atomic E-state index is 9.59. The molecule has 2 heterocycles. The van der Waals surface area contributed by atoms with Gasteiger partial charge in [0.1, 0.15) is 0 Å². The fourth-order valence-corrected chi connectivity index (χ4v) is 3.30. The highest BCUT2D eigenvalue weighted by molar-refractivity contribution is 7.15. The van der Waals surface area contributed by atoms with E-state index in [0.717, 1.165) is 35.5 Å². The third-order valence-corrected chi connectivity index (χ3v) is 4.63. The Kier molecular flexibility index (Phi) is 3.26. The summed E-state index contributed by atoms with van der Waals surface area (Å²) < 4.78 is 2.00. The number of hydrogen-bond acceptors (Lipinski definition) is 4. The van der Waals surface area contributed by atoms with Crippen LogP contribution in [0, 0.1) is 5.92 Å². The Bertz CT molecular complexity index is 529. The van der Waals surface area contributed by atoms with Crippen LogP contribution in [-0.2, 0) is 6.61 Å². The first-order valence-corrected chi connectivity index (χ1v) is 7.51. The summed E-state index contributed by atoms with van der Waals surface area (Å²) in [5.41, 5.74) is 0.924. The van der Waals surface area contributed by atoms with Crippen LogP contribution in [0.2, 0.25) is 0 Å². The average Bonchev–Trinajstić information content (AvgIpc) is 2.87. The van der Waals surface area contributed by atoms with Crippen LogP contribution in [0.15, 0.2) is 11.6 Å². The fourth-order valence-electron chi connectivity index (χ4n) is 2.57. The first-order valence-electron chi connectivity index (χ1n) is 6.63. The monoisotopic (exact) mass is 265 g/mol. The summed E-state index contributed by atoms with van der Waals surface area (Å²) in [6.45, 7) is 4.24. The molecule has 1 aliphatic carbocycles. The van der Waals surface area contributed by atoms with E-state index in [1.165, 1.54) is 19.3 Å². The number of hydrogen-bond donors (Lipinski definition) is 1. The molecular weight excluding hydrogens is 246 g/mol. The Labute approximate surface area is 111 Å². The third-order valence-electron chi connectivity index (χ3n) is 3.87. The van der Waals surface area contributed by atoms with E-state index in [4.69, 9.17) is 0 Å². The van der Waals surface area contributed by atoms with E-state index in [2.05, 4.69) is 16.8 Å². The zero-order valence-electron chi connectivity index (χ0n) is 10.7. The zero-order valence-corrected chi connectivity index (χ0v) is 11.5. The van der Waals surface area contributed by atoms with E-state index in [9.17, 15) is 5.11 Å². The van der Waals surface area contributed by atoms with Crippen molar-refractivity contribution in [1.29, 1.82) is 0 Å². The number of anilines is 1. The summed E-state index contributed by atoms with van der Waals surface area (Å²) in [5.74, 6) is 1.79. The van der Waals surface area contributed by atoms with Crippen LogP contribution < -0.4 is 4.90 Å². The molecule has 0 aliphatic heterocycles. The third kappa shape index (κ3) is 1.91. The number of aliphatic hydroxyl groups excluding tert-OH is 1. The quantitative estimate of drug-likeness (QED) is 0.903. The van der Waals surface area contributed by atoms with Gasteiger partial charge in [-0.2, -0.15) is 0 Å². The predicted octanol–water partition coefficient (Wildman–Crippen LogP) is 2.51. The van der Waals surface area contributed by atoms with Crippen molar-refractivity contribution in [3.05, 3.63) is 17.3 Å². The molecular formula is C13H19N3OS. The van der Waals surface area contributed by atoms with Gasteiger partial charge in [-0.25, -0.2) is 4.98 Å².